The topological polar surface area (TPSA) is 29.5 Å². The Bertz CT molecular complexity index is 105. The van der Waals surface area contributed by atoms with Gasteiger partial charge in [0.2, 0.25) is 0 Å². The highest BCUT2D eigenvalue weighted by atomic mass is 79.9. The first kappa shape index (κ1) is 10.4. The summed E-state index contributed by atoms with van der Waals surface area (Å²) in [6, 6.07) is 0. The van der Waals surface area contributed by atoms with Crippen molar-refractivity contribution in [2.24, 2.45) is 0 Å². The third kappa shape index (κ3) is 2.56. The molecule has 0 saturated heterocycles. The minimum atomic E-state index is -0.805. The molecule has 0 unspecified atom stereocenters. The van der Waals surface area contributed by atoms with Gasteiger partial charge in [0, 0.05) is 0 Å². The SMILES string of the molecule is CC(C)(O)C(C)(C)OCBr. The van der Waals surface area contributed by atoms with Gasteiger partial charge in [0.1, 0.15) is 5.52 Å². The summed E-state index contributed by atoms with van der Waals surface area (Å²) in [7, 11) is 0. The van der Waals surface area contributed by atoms with Gasteiger partial charge in [-0.2, -0.15) is 0 Å². The standard InChI is InChI=1S/C7H15BrO2/c1-6(2,9)7(3,4)10-5-8/h9H,5H2,1-4H3. The molecule has 0 rings (SSSR count). The second kappa shape index (κ2) is 3.20. The van der Waals surface area contributed by atoms with Crippen LogP contribution in [0.5, 0.6) is 0 Å². The van der Waals surface area contributed by atoms with Crippen molar-refractivity contribution >= 4 is 15.9 Å². The van der Waals surface area contributed by atoms with Crippen LogP contribution in [0.25, 0.3) is 0 Å². The molecular formula is C7H15BrO2. The van der Waals surface area contributed by atoms with Crippen LogP contribution in [-0.2, 0) is 4.74 Å². The van der Waals surface area contributed by atoms with Crippen molar-refractivity contribution in [1.29, 1.82) is 0 Å². The van der Waals surface area contributed by atoms with Crippen LogP contribution >= 0.6 is 15.9 Å². The fraction of sp³-hybridized carbons (Fsp3) is 1.00. The molecule has 0 aromatic rings. The molecule has 0 amide bonds. The molecule has 10 heavy (non-hydrogen) atoms. The van der Waals surface area contributed by atoms with Crippen LogP contribution in [0.4, 0.5) is 0 Å². The van der Waals surface area contributed by atoms with Crippen LogP contribution in [0.15, 0.2) is 0 Å². The van der Waals surface area contributed by atoms with E-state index in [1.54, 1.807) is 13.8 Å². The van der Waals surface area contributed by atoms with E-state index in [0.29, 0.717) is 5.52 Å². The summed E-state index contributed by atoms with van der Waals surface area (Å²) < 4.78 is 5.26. The number of ether oxygens (including phenoxy) is 1. The Morgan fingerprint density at radius 3 is 1.80 bits per heavy atom. The third-order valence-electron chi connectivity index (χ3n) is 1.89. The molecule has 0 aromatic carbocycles. The first-order chi connectivity index (χ1) is 4.31. The first-order valence-electron chi connectivity index (χ1n) is 3.23. The molecule has 0 radical (unpaired) electrons. The van der Waals surface area contributed by atoms with Crippen molar-refractivity contribution in [3.63, 3.8) is 0 Å². The van der Waals surface area contributed by atoms with Crippen LogP contribution in [0.3, 0.4) is 0 Å². The monoisotopic (exact) mass is 210 g/mol. The maximum absolute atomic E-state index is 9.53. The Labute approximate surface area is 70.7 Å². The van der Waals surface area contributed by atoms with Gasteiger partial charge in [0.05, 0.1) is 11.2 Å². The number of hydrogen-bond donors (Lipinski definition) is 1. The van der Waals surface area contributed by atoms with Gasteiger partial charge in [-0.05, 0) is 27.7 Å². The van der Waals surface area contributed by atoms with Crippen molar-refractivity contribution < 1.29 is 9.84 Å². The Hall–Kier alpha value is 0.400. The summed E-state index contributed by atoms with van der Waals surface area (Å²) in [5.74, 6) is 0. The molecule has 0 aliphatic heterocycles. The first-order valence-corrected chi connectivity index (χ1v) is 4.36. The Kier molecular flexibility index (Phi) is 3.33. The van der Waals surface area contributed by atoms with E-state index in [4.69, 9.17) is 4.74 Å². The molecule has 0 bridgehead atoms. The molecule has 0 atom stereocenters. The summed E-state index contributed by atoms with van der Waals surface area (Å²) in [5, 5.41) is 9.53. The van der Waals surface area contributed by atoms with Gasteiger partial charge < -0.3 is 9.84 Å². The summed E-state index contributed by atoms with van der Waals surface area (Å²) >= 11 is 3.14. The molecule has 1 N–H and O–H groups in total. The summed E-state index contributed by atoms with van der Waals surface area (Å²) in [6.45, 7) is 7.17. The van der Waals surface area contributed by atoms with Gasteiger partial charge in [0.25, 0.3) is 0 Å². The fourth-order valence-electron chi connectivity index (χ4n) is 0.313. The lowest BCUT2D eigenvalue weighted by molar-refractivity contribution is -0.133. The van der Waals surface area contributed by atoms with Crippen LogP contribution in [-0.4, -0.2) is 21.8 Å². The number of rotatable bonds is 3. The van der Waals surface area contributed by atoms with Crippen LogP contribution in [0.1, 0.15) is 27.7 Å². The number of hydrogen-bond acceptors (Lipinski definition) is 2. The lowest BCUT2D eigenvalue weighted by atomic mass is 9.90. The Balaban J connectivity index is 4.10. The van der Waals surface area contributed by atoms with Crippen LogP contribution in [0.2, 0.25) is 0 Å². The lowest BCUT2D eigenvalue weighted by Crippen LogP contribution is -2.47. The molecule has 3 heteroatoms. The van der Waals surface area contributed by atoms with E-state index in [1.807, 2.05) is 13.8 Å². The maximum Gasteiger partial charge on any atom is 0.102 e. The summed E-state index contributed by atoms with van der Waals surface area (Å²) in [5.41, 5.74) is -0.860. The Morgan fingerprint density at radius 1 is 1.30 bits per heavy atom. The number of alkyl halides is 1. The van der Waals surface area contributed by atoms with Gasteiger partial charge in [-0.3, -0.25) is 0 Å². The molecule has 0 aromatic heterocycles. The normalized spacial score (nSPS) is 13.8. The van der Waals surface area contributed by atoms with E-state index >= 15 is 0 Å². The zero-order chi connectivity index (χ0) is 8.41. The molecule has 0 saturated carbocycles. The predicted octanol–water partition coefficient (Wildman–Crippen LogP) is 1.90. The van der Waals surface area contributed by atoms with E-state index < -0.39 is 11.2 Å². The molecule has 0 aliphatic carbocycles. The zero-order valence-electron chi connectivity index (χ0n) is 6.94. The summed E-state index contributed by atoms with van der Waals surface area (Å²) in [4.78, 5) is 0. The maximum atomic E-state index is 9.53. The van der Waals surface area contributed by atoms with E-state index in [1.165, 1.54) is 0 Å². The minimum Gasteiger partial charge on any atom is -0.387 e. The quantitative estimate of drug-likeness (QED) is 0.722. The number of aliphatic hydroxyl groups is 1. The second-order valence-electron chi connectivity index (χ2n) is 3.32. The molecule has 0 heterocycles. The highest BCUT2D eigenvalue weighted by molar-refractivity contribution is 9.09. The van der Waals surface area contributed by atoms with Crippen molar-refractivity contribution in [3.05, 3.63) is 0 Å². The molecule has 0 spiro atoms. The van der Waals surface area contributed by atoms with E-state index in [2.05, 4.69) is 15.9 Å². The van der Waals surface area contributed by atoms with Gasteiger partial charge >= 0.3 is 0 Å². The molecule has 0 fully saturated rings. The average Bonchev–Trinajstić information content (AvgIpc) is 1.61. The summed E-state index contributed by atoms with van der Waals surface area (Å²) in [6.07, 6.45) is 0. The minimum absolute atomic E-state index is 0.448. The van der Waals surface area contributed by atoms with Crippen LogP contribution < -0.4 is 0 Å². The molecule has 62 valence electrons. The highest BCUT2D eigenvalue weighted by Gasteiger charge is 2.35. The van der Waals surface area contributed by atoms with Crippen molar-refractivity contribution in [2.75, 3.05) is 5.52 Å². The van der Waals surface area contributed by atoms with Gasteiger partial charge in [-0.15, -0.1) is 0 Å². The lowest BCUT2D eigenvalue weighted by Gasteiger charge is -2.36. The molecule has 2 nitrogen and oxygen atoms in total. The van der Waals surface area contributed by atoms with Crippen molar-refractivity contribution in [1.82, 2.24) is 0 Å². The average molecular weight is 211 g/mol. The van der Waals surface area contributed by atoms with Gasteiger partial charge in [-0.1, -0.05) is 15.9 Å². The van der Waals surface area contributed by atoms with Gasteiger partial charge in [0.15, 0.2) is 0 Å². The van der Waals surface area contributed by atoms with Gasteiger partial charge in [-0.25, -0.2) is 0 Å². The third-order valence-corrected chi connectivity index (χ3v) is 2.12. The highest BCUT2D eigenvalue weighted by Crippen LogP contribution is 2.25. The van der Waals surface area contributed by atoms with E-state index in [9.17, 15) is 5.11 Å². The second-order valence-corrected chi connectivity index (χ2v) is 3.78. The zero-order valence-corrected chi connectivity index (χ0v) is 8.53. The Morgan fingerprint density at radius 2 is 1.70 bits per heavy atom. The van der Waals surface area contributed by atoms with Crippen molar-refractivity contribution in [2.45, 2.75) is 38.9 Å². The van der Waals surface area contributed by atoms with Crippen LogP contribution in [0, 0.1) is 0 Å². The van der Waals surface area contributed by atoms with E-state index in [-0.39, 0.29) is 0 Å². The smallest absolute Gasteiger partial charge is 0.102 e. The number of halogens is 1. The molecule has 0 aliphatic rings. The van der Waals surface area contributed by atoms with Crippen molar-refractivity contribution in [3.8, 4) is 0 Å². The van der Waals surface area contributed by atoms with E-state index in [0.717, 1.165) is 0 Å². The predicted molar refractivity (Wildman–Crippen MR) is 45.3 cm³/mol. The fourth-order valence-corrected chi connectivity index (χ4v) is 0.885. The largest absolute Gasteiger partial charge is 0.387 e. The molecular weight excluding hydrogens is 196 g/mol.